The number of carboxylic acid groups (broad SMARTS) is 1. The first-order valence-corrected chi connectivity index (χ1v) is 14.1. The lowest BCUT2D eigenvalue weighted by Gasteiger charge is -2.36. The van der Waals surface area contributed by atoms with Crippen molar-refractivity contribution in [2.75, 3.05) is 0 Å². The maximum atomic E-state index is 14.2. The summed E-state index contributed by atoms with van der Waals surface area (Å²) < 4.78 is 36.5. The molecular formula is C31H38F2N2O5. The molecule has 1 aliphatic carbocycles. The molecule has 1 unspecified atom stereocenters. The Labute approximate surface area is 233 Å². The summed E-state index contributed by atoms with van der Waals surface area (Å²) in [6.45, 7) is 7.92. The summed E-state index contributed by atoms with van der Waals surface area (Å²) in [5, 5.41) is 14.3. The highest BCUT2D eigenvalue weighted by atomic mass is 19.3. The van der Waals surface area contributed by atoms with Crippen LogP contribution < -0.4 is 14.8 Å². The molecule has 2 aromatic rings. The van der Waals surface area contributed by atoms with Gasteiger partial charge in [-0.15, -0.1) is 8.78 Å². The van der Waals surface area contributed by atoms with Gasteiger partial charge in [0.2, 0.25) is 5.91 Å². The highest BCUT2D eigenvalue weighted by Gasteiger charge is 2.58. The SMILES string of the molecule is CC(N[C@@H]1[C@@H](C(C)(C)C)[C@H](C(=O)O)N(C(=O)C2CCCCC2)[C@@H]1c1ccccc1)c1ccc2c(c1)OC(F)(F)O2. The van der Waals surface area contributed by atoms with E-state index in [9.17, 15) is 23.5 Å². The van der Waals surface area contributed by atoms with Gasteiger partial charge in [-0.2, -0.15) is 0 Å². The standard InChI is InChI=1S/C31H38F2N2O5/c1-18(21-15-16-22-23(17-21)40-31(32,33)39-22)34-25-24(30(2,3)4)27(29(37)38)35(26(25)19-11-7-5-8-12-19)28(36)20-13-9-6-10-14-20/h5,7-8,11-12,15-18,20,24-27,34H,6,9-10,13-14H2,1-4H3,(H,37,38)/t18?,24-,25-,26-,27-/m1/s1. The first kappa shape index (κ1) is 28.3. The molecule has 0 aromatic heterocycles. The van der Waals surface area contributed by atoms with Crippen molar-refractivity contribution in [3.8, 4) is 11.5 Å². The Morgan fingerprint density at radius 2 is 1.68 bits per heavy atom. The molecule has 3 aliphatic rings. The van der Waals surface area contributed by atoms with Gasteiger partial charge in [0.1, 0.15) is 6.04 Å². The third-order valence-corrected chi connectivity index (χ3v) is 8.64. The fourth-order valence-electron chi connectivity index (χ4n) is 6.86. The van der Waals surface area contributed by atoms with Gasteiger partial charge in [-0.05, 0) is 48.4 Å². The number of nitrogens with zero attached hydrogens (tertiary/aromatic N) is 1. The summed E-state index contributed by atoms with van der Waals surface area (Å²) in [6.07, 6.45) is 0.819. The van der Waals surface area contributed by atoms with Crippen molar-refractivity contribution in [3.63, 3.8) is 0 Å². The smallest absolute Gasteiger partial charge is 0.480 e. The van der Waals surface area contributed by atoms with Crippen LogP contribution in [0.5, 0.6) is 11.5 Å². The first-order chi connectivity index (χ1) is 18.9. The summed E-state index contributed by atoms with van der Waals surface area (Å²) in [4.78, 5) is 28.8. The Morgan fingerprint density at radius 3 is 2.30 bits per heavy atom. The van der Waals surface area contributed by atoms with E-state index in [1.54, 1.807) is 11.0 Å². The predicted molar refractivity (Wildman–Crippen MR) is 145 cm³/mol. The van der Waals surface area contributed by atoms with Crippen LogP contribution in [0.3, 0.4) is 0 Å². The van der Waals surface area contributed by atoms with E-state index >= 15 is 0 Å². The molecule has 1 saturated heterocycles. The summed E-state index contributed by atoms with van der Waals surface area (Å²) in [5.74, 6) is -1.85. The molecule has 7 nitrogen and oxygen atoms in total. The van der Waals surface area contributed by atoms with Gasteiger partial charge in [-0.25, -0.2) is 4.79 Å². The molecule has 1 saturated carbocycles. The van der Waals surface area contributed by atoms with Gasteiger partial charge in [0.25, 0.3) is 0 Å². The average Bonchev–Trinajstić information content (AvgIpc) is 3.41. The van der Waals surface area contributed by atoms with Crippen LogP contribution in [0.15, 0.2) is 48.5 Å². The minimum Gasteiger partial charge on any atom is -0.480 e. The fraction of sp³-hybridized carbons (Fsp3) is 0.548. The molecule has 0 radical (unpaired) electrons. The molecule has 1 amide bonds. The number of carbonyl (C=O) groups is 2. The van der Waals surface area contributed by atoms with Crippen molar-refractivity contribution >= 4 is 11.9 Å². The molecule has 5 rings (SSSR count). The van der Waals surface area contributed by atoms with Crippen LogP contribution in [0.25, 0.3) is 0 Å². The first-order valence-electron chi connectivity index (χ1n) is 14.1. The second-order valence-electron chi connectivity index (χ2n) is 12.4. The molecule has 9 heteroatoms. The Balaban J connectivity index is 1.56. The number of likely N-dealkylation sites (tertiary alicyclic amines) is 1. The zero-order chi connectivity index (χ0) is 28.8. The summed E-state index contributed by atoms with van der Waals surface area (Å²) in [5.41, 5.74) is 1.06. The van der Waals surface area contributed by atoms with E-state index in [0.29, 0.717) is 5.56 Å². The van der Waals surface area contributed by atoms with Gasteiger partial charge in [-0.1, -0.05) is 76.4 Å². The molecule has 0 spiro atoms. The van der Waals surface area contributed by atoms with Gasteiger partial charge >= 0.3 is 12.3 Å². The molecule has 2 N–H and O–H groups in total. The molecule has 2 aliphatic heterocycles. The predicted octanol–water partition coefficient (Wildman–Crippen LogP) is 6.31. The largest absolute Gasteiger partial charge is 0.586 e. The molecule has 2 heterocycles. The lowest BCUT2D eigenvalue weighted by molar-refractivity contribution is -0.286. The van der Waals surface area contributed by atoms with E-state index in [0.717, 1.165) is 37.7 Å². The molecule has 2 fully saturated rings. The van der Waals surface area contributed by atoms with E-state index in [1.165, 1.54) is 12.1 Å². The van der Waals surface area contributed by atoms with Crippen molar-refractivity contribution in [1.29, 1.82) is 0 Å². The van der Waals surface area contributed by atoms with Crippen LogP contribution >= 0.6 is 0 Å². The Kier molecular flexibility index (Phi) is 7.54. The average molecular weight is 557 g/mol. The van der Waals surface area contributed by atoms with Crippen LogP contribution in [-0.2, 0) is 9.59 Å². The number of rotatable bonds is 6. The topological polar surface area (TPSA) is 88.1 Å². The Bertz CT molecular complexity index is 1240. The van der Waals surface area contributed by atoms with Crippen molar-refractivity contribution < 1.29 is 33.0 Å². The normalized spacial score (nSPS) is 27.0. The van der Waals surface area contributed by atoms with E-state index in [2.05, 4.69) is 14.8 Å². The number of nitrogens with one attached hydrogen (secondary N) is 1. The van der Waals surface area contributed by atoms with Gasteiger partial charge in [0.05, 0.1) is 6.04 Å². The summed E-state index contributed by atoms with van der Waals surface area (Å²) >= 11 is 0. The second kappa shape index (κ2) is 10.7. The Hall–Kier alpha value is -3.20. The third-order valence-electron chi connectivity index (χ3n) is 8.64. The number of hydrogen-bond acceptors (Lipinski definition) is 5. The van der Waals surface area contributed by atoms with Crippen molar-refractivity contribution in [1.82, 2.24) is 10.2 Å². The van der Waals surface area contributed by atoms with Gasteiger partial charge < -0.3 is 24.8 Å². The molecule has 2 aromatic carbocycles. The van der Waals surface area contributed by atoms with Crippen LogP contribution in [-0.4, -0.2) is 40.3 Å². The lowest BCUT2D eigenvalue weighted by atomic mass is 9.72. The Morgan fingerprint density at radius 1 is 1.02 bits per heavy atom. The molecule has 5 atom stereocenters. The molecule has 40 heavy (non-hydrogen) atoms. The van der Waals surface area contributed by atoms with Crippen molar-refractivity contribution in [2.24, 2.45) is 17.3 Å². The highest BCUT2D eigenvalue weighted by Crippen LogP contribution is 2.50. The van der Waals surface area contributed by atoms with E-state index in [-0.39, 0.29) is 29.4 Å². The minimum absolute atomic E-state index is 0.0354. The number of hydrogen-bond donors (Lipinski definition) is 2. The number of ether oxygens (including phenoxy) is 2. The van der Waals surface area contributed by atoms with Crippen LogP contribution in [0.1, 0.15) is 83.0 Å². The minimum atomic E-state index is -3.71. The van der Waals surface area contributed by atoms with E-state index in [4.69, 9.17) is 0 Å². The molecule has 0 bridgehead atoms. The summed E-state index contributed by atoms with van der Waals surface area (Å²) in [7, 11) is 0. The molecule has 216 valence electrons. The van der Waals surface area contributed by atoms with E-state index in [1.807, 2.05) is 58.0 Å². The van der Waals surface area contributed by atoms with Crippen LogP contribution in [0, 0.1) is 17.3 Å². The highest BCUT2D eigenvalue weighted by molar-refractivity contribution is 5.87. The number of aliphatic carboxylic acids is 1. The number of halogens is 2. The third kappa shape index (κ3) is 5.40. The number of carboxylic acids is 1. The van der Waals surface area contributed by atoms with Gasteiger partial charge in [-0.3, -0.25) is 4.79 Å². The van der Waals surface area contributed by atoms with Crippen molar-refractivity contribution in [3.05, 3.63) is 59.7 Å². The van der Waals surface area contributed by atoms with Gasteiger partial charge in [0, 0.05) is 23.9 Å². The quantitative estimate of drug-likeness (QED) is 0.434. The maximum absolute atomic E-state index is 14.2. The number of amides is 1. The fourth-order valence-corrected chi connectivity index (χ4v) is 6.86. The summed E-state index contributed by atoms with van der Waals surface area (Å²) in [6, 6.07) is 11.9. The monoisotopic (exact) mass is 556 g/mol. The van der Waals surface area contributed by atoms with Gasteiger partial charge in [0.15, 0.2) is 11.5 Å². The second-order valence-corrected chi connectivity index (χ2v) is 12.4. The number of benzene rings is 2. The van der Waals surface area contributed by atoms with Crippen molar-refractivity contribution in [2.45, 2.75) is 90.3 Å². The van der Waals surface area contributed by atoms with Crippen LogP contribution in [0.2, 0.25) is 0 Å². The maximum Gasteiger partial charge on any atom is 0.586 e. The van der Waals surface area contributed by atoms with E-state index < -0.39 is 41.7 Å². The number of carbonyl (C=O) groups excluding carboxylic acids is 1. The molecular weight excluding hydrogens is 518 g/mol. The number of alkyl halides is 2. The number of fused-ring (bicyclic) bond motifs is 1. The lowest BCUT2D eigenvalue weighted by Crippen LogP contribution is -2.49. The van der Waals surface area contributed by atoms with Crippen LogP contribution in [0.4, 0.5) is 8.78 Å². The zero-order valence-electron chi connectivity index (χ0n) is 23.4. The zero-order valence-corrected chi connectivity index (χ0v) is 23.4.